The Kier molecular flexibility index (Phi) is 5.97. The average molecular weight is 419 g/mol. The van der Waals surface area contributed by atoms with Gasteiger partial charge < -0.3 is 15.0 Å². The number of hydrogen-bond acceptors (Lipinski definition) is 5. The number of aromatic nitrogens is 3. The van der Waals surface area contributed by atoms with Gasteiger partial charge in [-0.05, 0) is 42.8 Å². The average Bonchev–Trinajstić information content (AvgIpc) is 3.41. The quantitative estimate of drug-likeness (QED) is 0.634. The first-order chi connectivity index (χ1) is 15.1. The second-order valence-electron chi connectivity index (χ2n) is 7.54. The van der Waals surface area contributed by atoms with Gasteiger partial charge in [0.25, 0.3) is 0 Å². The fourth-order valence-electron chi connectivity index (χ4n) is 3.63. The van der Waals surface area contributed by atoms with Gasteiger partial charge in [-0.2, -0.15) is 0 Å². The van der Waals surface area contributed by atoms with Crippen LogP contribution < -0.4 is 15.0 Å². The number of rotatable bonds is 7. The monoisotopic (exact) mass is 419 g/mol. The van der Waals surface area contributed by atoms with Crippen molar-refractivity contribution in [3.63, 3.8) is 0 Å². The summed E-state index contributed by atoms with van der Waals surface area (Å²) >= 11 is 0. The Hall–Kier alpha value is -3.68. The summed E-state index contributed by atoms with van der Waals surface area (Å²) in [5.74, 6) is 0.103. The normalized spacial score (nSPS) is 15.9. The highest BCUT2D eigenvalue weighted by Crippen LogP contribution is 2.28. The zero-order chi connectivity index (χ0) is 21.8. The molecule has 0 spiro atoms. The van der Waals surface area contributed by atoms with Gasteiger partial charge in [0.05, 0.1) is 19.2 Å². The molecule has 1 saturated heterocycles. The molecule has 160 valence electrons. The van der Waals surface area contributed by atoms with Crippen LogP contribution in [0.3, 0.4) is 0 Å². The van der Waals surface area contributed by atoms with Crippen LogP contribution >= 0.6 is 0 Å². The number of nitrogens with one attached hydrogen (secondary N) is 1. The predicted octanol–water partition coefficient (Wildman–Crippen LogP) is 3.36. The Morgan fingerprint density at radius 3 is 2.58 bits per heavy atom. The van der Waals surface area contributed by atoms with Crippen molar-refractivity contribution in [3.05, 3.63) is 54.7 Å². The first-order valence-electron chi connectivity index (χ1n) is 10.3. The summed E-state index contributed by atoms with van der Waals surface area (Å²) in [7, 11) is 1.60. The van der Waals surface area contributed by atoms with E-state index in [0.717, 1.165) is 35.7 Å². The molecule has 2 aromatic carbocycles. The van der Waals surface area contributed by atoms with Crippen molar-refractivity contribution >= 4 is 23.2 Å². The number of ether oxygens (including phenoxy) is 1. The van der Waals surface area contributed by atoms with Crippen molar-refractivity contribution in [2.75, 3.05) is 23.9 Å². The minimum atomic E-state index is -0.400. The van der Waals surface area contributed by atoms with Crippen molar-refractivity contribution < 1.29 is 14.3 Å². The molecule has 3 aromatic rings. The minimum Gasteiger partial charge on any atom is -0.497 e. The zero-order valence-electron chi connectivity index (χ0n) is 17.6. The standard InChI is InChI=1S/C23H25N5O3/c1-3-12-27-15-21(25-26-27)16-4-6-18(7-5-16)24-23(30)17-13-22(29)28(14-17)19-8-10-20(31-2)11-9-19/h4-11,15,17H,3,12-14H2,1-2H3,(H,24,30). The molecule has 1 fully saturated rings. The third-order valence-corrected chi connectivity index (χ3v) is 5.32. The number of nitrogens with zero attached hydrogens (tertiary/aromatic N) is 4. The van der Waals surface area contributed by atoms with E-state index in [-0.39, 0.29) is 18.2 Å². The second-order valence-corrected chi connectivity index (χ2v) is 7.54. The molecule has 2 heterocycles. The van der Waals surface area contributed by atoms with Crippen LogP contribution in [0.2, 0.25) is 0 Å². The highest BCUT2D eigenvalue weighted by atomic mass is 16.5. The Labute approximate surface area is 180 Å². The molecule has 0 aliphatic carbocycles. The molecule has 0 radical (unpaired) electrons. The molecular weight excluding hydrogens is 394 g/mol. The van der Waals surface area contributed by atoms with Gasteiger partial charge in [0.1, 0.15) is 11.4 Å². The number of methoxy groups -OCH3 is 1. The first kappa shape index (κ1) is 20.6. The Bertz CT molecular complexity index is 1060. The summed E-state index contributed by atoms with van der Waals surface area (Å²) < 4.78 is 6.97. The van der Waals surface area contributed by atoms with Gasteiger partial charge in [0, 0.05) is 36.4 Å². The summed E-state index contributed by atoms with van der Waals surface area (Å²) in [6.07, 6.45) is 3.10. The van der Waals surface area contributed by atoms with Gasteiger partial charge >= 0.3 is 0 Å². The number of amides is 2. The molecule has 2 amide bonds. The lowest BCUT2D eigenvalue weighted by Crippen LogP contribution is -2.28. The maximum absolute atomic E-state index is 12.7. The Morgan fingerprint density at radius 2 is 1.90 bits per heavy atom. The summed E-state index contributed by atoms with van der Waals surface area (Å²) in [5.41, 5.74) is 3.18. The molecule has 1 N–H and O–H groups in total. The van der Waals surface area contributed by atoms with Gasteiger partial charge in [0.15, 0.2) is 0 Å². The smallest absolute Gasteiger partial charge is 0.229 e. The SMILES string of the molecule is CCCn1cc(-c2ccc(NC(=O)C3CC(=O)N(c4ccc(OC)cc4)C3)cc2)nn1. The van der Waals surface area contributed by atoms with Crippen molar-refractivity contribution in [2.45, 2.75) is 26.3 Å². The van der Waals surface area contributed by atoms with E-state index in [4.69, 9.17) is 4.74 Å². The maximum Gasteiger partial charge on any atom is 0.229 e. The first-order valence-corrected chi connectivity index (χ1v) is 10.3. The molecule has 1 atom stereocenters. The fraction of sp³-hybridized carbons (Fsp3) is 0.304. The molecule has 8 heteroatoms. The largest absolute Gasteiger partial charge is 0.497 e. The molecule has 31 heavy (non-hydrogen) atoms. The topological polar surface area (TPSA) is 89.4 Å². The summed E-state index contributed by atoms with van der Waals surface area (Å²) in [6, 6.07) is 14.7. The number of carbonyl (C=O) groups is 2. The number of benzene rings is 2. The van der Waals surface area contributed by atoms with E-state index >= 15 is 0 Å². The van der Waals surface area contributed by atoms with Crippen molar-refractivity contribution in [1.82, 2.24) is 15.0 Å². The summed E-state index contributed by atoms with van der Waals surface area (Å²) in [6.45, 7) is 3.28. The van der Waals surface area contributed by atoms with E-state index in [1.54, 1.807) is 24.1 Å². The van der Waals surface area contributed by atoms with Crippen LogP contribution in [0, 0.1) is 5.92 Å². The molecule has 1 aromatic heterocycles. The van der Waals surface area contributed by atoms with Gasteiger partial charge in [-0.15, -0.1) is 5.10 Å². The molecule has 0 bridgehead atoms. The van der Waals surface area contributed by atoms with E-state index in [1.807, 2.05) is 47.3 Å². The highest BCUT2D eigenvalue weighted by Gasteiger charge is 2.35. The van der Waals surface area contributed by atoms with E-state index in [9.17, 15) is 9.59 Å². The van der Waals surface area contributed by atoms with Crippen LogP contribution in [0.4, 0.5) is 11.4 Å². The van der Waals surface area contributed by atoms with Crippen LogP contribution in [-0.4, -0.2) is 40.5 Å². The molecular formula is C23H25N5O3. The maximum atomic E-state index is 12.7. The van der Waals surface area contributed by atoms with Crippen molar-refractivity contribution in [2.24, 2.45) is 5.92 Å². The number of aryl methyl sites for hydroxylation is 1. The number of hydrogen-bond donors (Lipinski definition) is 1. The summed E-state index contributed by atoms with van der Waals surface area (Å²) in [4.78, 5) is 26.8. The molecule has 1 aliphatic heterocycles. The Balaban J connectivity index is 1.38. The highest BCUT2D eigenvalue weighted by molar-refractivity contribution is 6.03. The van der Waals surface area contributed by atoms with Crippen LogP contribution in [0.1, 0.15) is 19.8 Å². The lowest BCUT2D eigenvalue weighted by atomic mass is 10.1. The molecule has 4 rings (SSSR count). The number of carbonyl (C=O) groups excluding carboxylic acids is 2. The predicted molar refractivity (Wildman–Crippen MR) is 118 cm³/mol. The lowest BCUT2D eigenvalue weighted by Gasteiger charge is -2.17. The van der Waals surface area contributed by atoms with Crippen LogP contribution in [-0.2, 0) is 16.1 Å². The molecule has 0 saturated carbocycles. The third-order valence-electron chi connectivity index (χ3n) is 5.32. The van der Waals surface area contributed by atoms with Gasteiger partial charge in [-0.1, -0.05) is 24.3 Å². The van der Waals surface area contributed by atoms with E-state index in [1.165, 1.54) is 0 Å². The van der Waals surface area contributed by atoms with Gasteiger partial charge in [0.2, 0.25) is 11.8 Å². The van der Waals surface area contributed by atoms with Crippen LogP contribution in [0.5, 0.6) is 5.75 Å². The van der Waals surface area contributed by atoms with Gasteiger partial charge in [-0.3, -0.25) is 14.3 Å². The van der Waals surface area contributed by atoms with E-state index in [2.05, 4.69) is 22.6 Å². The molecule has 1 unspecified atom stereocenters. The van der Waals surface area contributed by atoms with Crippen LogP contribution in [0.25, 0.3) is 11.3 Å². The zero-order valence-corrected chi connectivity index (χ0v) is 17.6. The van der Waals surface area contributed by atoms with Gasteiger partial charge in [-0.25, -0.2) is 0 Å². The Morgan fingerprint density at radius 1 is 1.16 bits per heavy atom. The lowest BCUT2D eigenvalue weighted by molar-refractivity contribution is -0.122. The minimum absolute atomic E-state index is 0.0594. The van der Waals surface area contributed by atoms with Crippen LogP contribution in [0.15, 0.2) is 54.7 Å². The second kappa shape index (κ2) is 8.99. The van der Waals surface area contributed by atoms with Crippen molar-refractivity contribution in [1.29, 1.82) is 0 Å². The number of anilines is 2. The molecule has 1 aliphatic rings. The van der Waals surface area contributed by atoms with Crippen molar-refractivity contribution in [3.8, 4) is 17.0 Å². The molecule has 8 nitrogen and oxygen atoms in total. The summed E-state index contributed by atoms with van der Waals surface area (Å²) in [5, 5.41) is 11.2. The fourth-order valence-corrected chi connectivity index (χ4v) is 3.63. The van der Waals surface area contributed by atoms with E-state index in [0.29, 0.717) is 12.2 Å². The van der Waals surface area contributed by atoms with E-state index < -0.39 is 5.92 Å². The third kappa shape index (κ3) is 4.58.